The number of carbonyl (C=O) groups is 2. The van der Waals surface area contributed by atoms with Crippen LogP contribution in [0.3, 0.4) is 0 Å². The molecule has 6 nitrogen and oxygen atoms in total. The van der Waals surface area contributed by atoms with Crippen LogP contribution in [0, 0.1) is 0 Å². The van der Waals surface area contributed by atoms with Gasteiger partial charge in [-0.25, -0.2) is 9.59 Å². The minimum Gasteiger partial charge on any atom is -0.452 e. The van der Waals surface area contributed by atoms with E-state index in [-0.39, 0.29) is 12.1 Å². The summed E-state index contributed by atoms with van der Waals surface area (Å²) in [7, 11) is 0. The highest BCUT2D eigenvalue weighted by molar-refractivity contribution is 6.31. The maximum absolute atomic E-state index is 12.1. The van der Waals surface area contributed by atoms with Crippen LogP contribution in [0.2, 0.25) is 5.02 Å². The normalized spacial score (nSPS) is 10.5. The van der Waals surface area contributed by atoms with Crippen molar-refractivity contribution < 1.29 is 18.7 Å². The minimum absolute atomic E-state index is 0.203. The third-order valence-electron chi connectivity index (χ3n) is 3.63. The van der Waals surface area contributed by atoms with Gasteiger partial charge in [-0.05, 0) is 23.8 Å². The van der Waals surface area contributed by atoms with E-state index < -0.39 is 24.1 Å². The van der Waals surface area contributed by atoms with E-state index in [4.69, 9.17) is 20.8 Å². The van der Waals surface area contributed by atoms with Crippen molar-refractivity contribution in [3.63, 3.8) is 0 Å². The number of ether oxygens (including phenoxy) is 1. The van der Waals surface area contributed by atoms with E-state index in [9.17, 15) is 14.4 Å². The quantitative estimate of drug-likeness (QED) is 0.550. The molecule has 0 spiro atoms. The number of esters is 1. The number of fused-ring (bicyclic) bond motifs is 1. The molecule has 1 amide bonds. The first-order valence-corrected chi connectivity index (χ1v) is 8.12. The third kappa shape index (κ3) is 4.10. The van der Waals surface area contributed by atoms with Gasteiger partial charge in [0.15, 0.2) is 6.61 Å². The van der Waals surface area contributed by atoms with Crippen LogP contribution < -0.4 is 10.9 Å². The second-order valence-electron chi connectivity index (χ2n) is 5.43. The molecule has 1 N–H and O–H groups in total. The number of benzene rings is 2. The molecule has 3 aromatic rings. The van der Waals surface area contributed by atoms with Crippen molar-refractivity contribution in [1.82, 2.24) is 5.32 Å². The summed E-state index contributed by atoms with van der Waals surface area (Å²) < 4.78 is 9.96. The van der Waals surface area contributed by atoms with E-state index in [2.05, 4.69) is 5.32 Å². The number of rotatable bonds is 5. The van der Waals surface area contributed by atoms with Crippen LogP contribution in [0.15, 0.2) is 63.8 Å². The van der Waals surface area contributed by atoms with E-state index in [1.807, 2.05) is 0 Å². The fourth-order valence-electron chi connectivity index (χ4n) is 2.30. The smallest absolute Gasteiger partial charge is 0.351 e. The molecular weight excluding hydrogens is 358 g/mol. The van der Waals surface area contributed by atoms with E-state index in [0.717, 1.165) is 5.56 Å². The molecule has 0 aliphatic heterocycles. The molecule has 2 aromatic carbocycles. The predicted molar refractivity (Wildman–Crippen MR) is 96.1 cm³/mol. The zero-order chi connectivity index (χ0) is 18.5. The maximum Gasteiger partial charge on any atom is 0.351 e. The number of carbonyl (C=O) groups excluding carboxylic acids is 2. The van der Waals surface area contributed by atoms with Gasteiger partial charge in [0.25, 0.3) is 5.91 Å². The fourth-order valence-corrected chi connectivity index (χ4v) is 2.50. The molecular formula is C19H14ClNO5. The first-order valence-electron chi connectivity index (χ1n) is 7.75. The molecule has 0 saturated heterocycles. The third-order valence-corrected chi connectivity index (χ3v) is 4.00. The standard InChI is InChI=1S/C19H14ClNO5/c20-15-7-3-1-6-13(15)10-21-17(22)11-25-18(23)14-9-12-5-2-4-8-16(12)26-19(14)24/h1-9H,10-11H2,(H,21,22). The molecule has 0 saturated carbocycles. The van der Waals surface area contributed by atoms with Crippen molar-refractivity contribution in [3.8, 4) is 0 Å². The molecule has 0 atom stereocenters. The molecule has 1 heterocycles. The van der Waals surface area contributed by atoms with Crippen molar-refractivity contribution >= 4 is 34.4 Å². The van der Waals surface area contributed by atoms with E-state index in [1.54, 1.807) is 48.5 Å². The Morgan fingerprint density at radius 2 is 1.81 bits per heavy atom. The number of hydrogen-bond donors (Lipinski definition) is 1. The highest BCUT2D eigenvalue weighted by atomic mass is 35.5. The second kappa shape index (κ2) is 7.84. The van der Waals surface area contributed by atoms with Crippen LogP contribution in [-0.4, -0.2) is 18.5 Å². The lowest BCUT2D eigenvalue weighted by molar-refractivity contribution is -0.124. The van der Waals surface area contributed by atoms with Crippen LogP contribution >= 0.6 is 11.6 Å². The lowest BCUT2D eigenvalue weighted by Gasteiger charge is -2.07. The van der Waals surface area contributed by atoms with E-state index in [1.165, 1.54) is 6.07 Å². The van der Waals surface area contributed by atoms with Gasteiger partial charge in [0.1, 0.15) is 11.1 Å². The van der Waals surface area contributed by atoms with Gasteiger partial charge in [-0.2, -0.15) is 0 Å². The highest BCUT2D eigenvalue weighted by Gasteiger charge is 2.16. The van der Waals surface area contributed by atoms with Gasteiger partial charge in [0.2, 0.25) is 0 Å². The number of hydrogen-bond acceptors (Lipinski definition) is 5. The van der Waals surface area contributed by atoms with Crippen molar-refractivity contribution in [2.24, 2.45) is 0 Å². The van der Waals surface area contributed by atoms with Gasteiger partial charge in [-0.15, -0.1) is 0 Å². The van der Waals surface area contributed by atoms with E-state index in [0.29, 0.717) is 16.0 Å². The topological polar surface area (TPSA) is 85.6 Å². The SMILES string of the molecule is O=C(COC(=O)c1cc2ccccc2oc1=O)NCc1ccccc1Cl. The summed E-state index contributed by atoms with van der Waals surface area (Å²) in [6.07, 6.45) is 0. The summed E-state index contributed by atoms with van der Waals surface area (Å²) in [5.41, 5.74) is 0.0309. The summed E-state index contributed by atoms with van der Waals surface area (Å²) >= 11 is 6.00. The minimum atomic E-state index is -0.919. The molecule has 0 aliphatic rings. The Morgan fingerprint density at radius 1 is 1.08 bits per heavy atom. The van der Waals surface area contributed by atoms with Crippen molar-refractivity contribution in [2.75, 3.05) is 6.61 Å². The Labute approximate surface area is 153 Å². The maximum atomic E-state index is 12.1. The number of amides is 1. The van der Waals surface area contributed by atoms with Crippen molar-refractivity contribution in [2.45, 2.75) is 6.54 Å². The van der Waals surface area contributed by atoms with Gasteiger partial charge in [0, 0.05) is 17.0 Å². The van der Waals surface area contributed by atoms with Gasteiger partial charge < -0.3 is 14.5 Å². The average molecular weight is 372 g/mol. The number of nitrogens with one attached hydrogen (secondary N) is 1. The van der Waals surface area contributed by atoms with Crippen LogP contribution in [0.4, 0.5) is 0 Å². The zero-order valence-corrected chi connectivity index (χ0v) is 14.3. The molecule has 1 aromatic heterocycles. The van der Waals surface area contributed by atoms with Crippen LogP contribution in [0.5, 0.6) is 0 Å². The molecule has 3 rings (SSSR count). The average Bonchev–Trinajstić information content (AvgIpc) is 2.65. The Morgan fingerprint density at radius 3 is 2.62 bits per heavy atom. The summed E-state index contributed by atoms with van der Waals surface area (Å²) in [4.78, 5) is 35.8. The molecule has 7 heteroatoms. The Kier molecular flexibility index (Phi) is 5.34. The first-order chi connectivity index (χ1) is 12.5. The highest BCUT2D eigenvalue weighted by Crippen LogP contribution is 2.14. The molecule has 26 heavy (non-hydrogen) atoms. The lowest BCUT2D eigenvalue weighted by atomic mass is 10.2. The summed E-state index contributed by atoms with van der Waals surface area (Å²) in [6.45, 7) is -0.316. The Balaban J connectivity index is 1.60. The molecule has 0 fully saturated rings. The molecule has 0 bridgehead atoms. The predicted octanol–water partition coefficient (Wildman–Crippen LogP) is 2.92. The van der Waals surface area contributed by atoms with Crippen molar-refractivity contribution in [3.05, 3.63) is 81.2 Å². The Hall–Kier alpha value is -3.12. The van der Waals surface area contributed by atoms with Gasteiger partial charge in [0.05, 0.1) is 0 Å². The molecule has 132 valence electrons. The van der Waals surface area contributed by atoms with Gasteiger partial charge >= 0.3 is 11.6 Å². The largest absolute Gasteiger partial charge is 0.452 e. The lowest BCUT2D eigenvalue weighted by Crippen LogP contribution is -2.29. The van der Waals surface area contributed by atoms with Crippen molar-refractivity contribution in [1.29, 1.82) is 0 Å². The monoisotopic (exact) mass is 371 g/mol. The summed E-state index contributed by atoms with van der Waals surface area (Å²) in [6, 6.07) is 15.2. The first kappa shape index (κ1) is 17.7. The van der Waals surface area contributed by atoms with Crippen LogP contribution in [-0.2, 0) is 16.1 Å². The van der Waals surface area contributed by atoms with Crippen LogP contribution in [0.25, 0.3) is 11.0 Å². The molecule has 0 radical (unpaired) electrons. The van der Waals surface area contributed by atoms with E-state index >= 15 is 0 Å². The van der Waals surface area contributed by atoms with Crippen LogP contribution in [0.1, 0.15) is 15.9 Å². The molecule has 0 unspecified atom stereocenters. The zero-order valence-electron chi connectivity index (χ0n) is 13.5. The Bertz CT molecular complexity index is 1030. The summed E-state index contributed by atoms with van der Waals surface area (Å²) in [5.74, 6) is -1.43. The van der Waals surface area contributed by atoms with Gasteiger partial charge in [-0.3, -0.25) is 4.79 Å². The fraction of sp³-hybridized carbons (Fsp3) is 0.105. The van der Waals surface area contributed by atoms with Gasteiger partial charge in [-0.1, -0.05) is 48.0 Å². The molecule has 0 aliphatic carbocycles. The summed E-state index contributed by atoms with van der Waals surface area (Å²) in [5, 5.41) is 3.70. The second-order valence-corrected chi connectivity index (χ2v) is 5.84. The number of halogens is 1. The number of para-hydroxylation sites is 1.